The minimum atomic E-state index is 0.668. The van der Waals surface area contributed by atoms with Gasteiger partial charge in [-0.3, -0.25) is 5.84 Å². The number of halogens is 1. The summed E-state index contributed by atoms with van der Waals surface area (Å²) in [6.07, 6.45) is 1.25. The van der Waals surface area contributed by atoms with Crippen molar-refractivity contribution in [2.24, 2.45) is 5.84 Å². The zero-order chi connectivity index (χ0) is 6.43. The molecule has 0 bridgehead atoms. The van der Waals surface area contributed by atoms with Crippen LogP contribution < -0.4 is 5.84 Å². The van der Waals surface area contributed by atoms with Crippen LogP contribution >= 0.6 is 22.9 Å². The van der Waals surface area contributed by atoms with Gasteiger partial charge in [-0.2, -0.15) is 0 Å². The van der Waals surface area contributed by atoms with Crippen LogP contribution in [0, 0.1) is 0 Å². The molecule has 0 aromatic heterocycles. The van der Waals surface area contributed by atoms with Gasteiger partial charge in [0.25, 0.3) is 0 Å². The highest BCUT2D eigenvalue weighted by molar-refractivity contribution is 14.1. The lowest BCUT2D eigenvalue weighted by atomic mass is 10.0. The molecular formula is C5H10IN3. The van der Waals surface area contributed by atoms with E-state index >= 15 is 0 Å². The van der Waals surface area contributed by atoms with E-state index < -0.39 is 0 Å². The van der Waals surface area contributed by atoms with Crippen molar-refractivity contribution in [1.29, 1.82) is 0 Å². The lowest BCUT2D eigenvalue weighted by Gasteiger charge is -2.41. The van der Waals surface area contributed by atoms with Crippen molar-refractivity contribution in [2.75, 3.05) is 13.1 Å². The average Bonchev–Trinajstić information content (AvgIpc) is 2.07. The summed E-state index contributed by atoms with van der Waals surface area (Å²) in [5.41, 5.74) is 0. The van der Waals surface area contributed by atoms with Crippen LogP contribution in [0.25, 0.3) is 0 Å². The summed E-state index contributed by atoms with van der Waals surface area (Å²) in [7, 11) is 0. The van der Waals surface area contributed by atoms with Gasteiger partial charge in [0.1, 0.15) is 0 Å². The molecule has 2 atom stereocenters. The first kappa shape index (κ1) is 6.33. The molecule has 0 aromatic rings. The second kappa shape index (κ2) is 2.05. The number of hydrogen-bond donors (Lipinski definition) is 1. The van der Waals surface area contributed by atoms with Gasteiger partial charge < -0.3 is 0 Å². The maximum atomic E-state index is 5.69. The third-order valence-electron chi connectivity index (χ3n) is 2.27. The van der Waals surface area contributed by atoms with Gasteiger partial charge in [0.2, 0.25) is 0 Å². The highest BCUT2D eigenvalue weighted by Crippen LogP contribution is 2.32. The SMILES string of the molecule is NN1CCC2C1CN2I. The Kier molecular flexibility index (Phi) is 1.44. The van der Waals surface area contributed by atoms with Crippen molar-refractivity contribution in [1.82, 2.24) is 8.12 Å². The van der Waals surface area contributed by atoms with Crippen LogP contribution in [0.4, 0.5) is 0 Å². The summed E-state index contributed by atoms with van der Waals surface area (Å²) in [4.78, 5) is 0. The minimum Gasteiger partial charge on any atom is -0.268 e. The van der Waals surface area contributed by atoms with Crippen LogP contribution in [0.3, 0.4) is 0 Å². The van der Waals surface area contributed by atoms with Crippen LogP contribution in [0.1, 0.15) is 6.42 Å². The van der Waals surface area contributed by atoms with Crippen molar-refractivity contribution in [3.63, 3.8) is 0 Å². The molecule has 2 N–H and O–H groups in total. The summed E-state index contributed by atoms with van der Waals surface area (Å²) < 4.78 is 2.34. The van der Waals surface area contributed by atoms with Crippen molar-refractivity contribution in [2.45, 2.75) is 18.5 Å². The van der Waals surface area contributed by atoms with Crippen molar-refractivity contribution >= 4 is 22.9 Å². The van der Waals surface area contributed by atoms with E-state index in [4.69, 9.17) is 5.84 Å². The van der Waals surface area contributed by atoms with Gasteiger partial charge in [-0.25, -0.2) is 8.12 Å². The van der Waals surface area contributed by atoms with Gasteiger partial charge in [-0.15, -0.1) is 0 Å². The highest BCUT2D eigenvalue weighted by atomic mass is 127. The molecule has 2 aliphatic heterocycles. The zero-order valence-corrected chi connectivity index (χ0v) is 7.28. The first-order chi connectivity index (χ1) is 4.29. The van der Waals surface area contributed by atoms with E-state index in [0.717, 1.165) is 19.1 Å². The molecule has 9 heavy (non-hydrogen) atoms. The van der Waals surface area contributed by atoms with Crippen LogP contribution in [-0.4, -0.2) is 33.3 Å². The second-order valence-electron chi connectivity index (χ2n) is 2.74. The van der Waals surface area contributed by atoms with E-state index in [1.165, 1.54) is 6.42 Å². The van der Waals surface area contributed by atoms with Gasteiger partial charge in [-0.05, 0) is 6.42 Å². The maximum Gasteiger partial charge on any atom is 0.0540 e. The summed E-state index contributed by atoms with van der Waals surface area (Å²) in [5.74, 6) is 5.69. The second-order valence-corrected chi connectivity index (χ2v) is 3.98. The number of hydrogen-bond acceptors (Lipinski definition) is 3. The van der Waals surface area contributed by atoms with Crippen molar-refractivity contribution in [3.05, 3.63) is 0 Å². The molecule has 0 spiro atoms. The van der Waals surface area contributed by atoms with Crippen LogP contribution in [0.2, 0.25) is 0 Å². The first-order valence-electron chi connectivity index (χ1n) is 3.23. The first-order valence-corrected chi connectivity index (χ1v) is 4.19. The van der Waals surface area contributed by atoms with Gasteiger partial charge >= 0.3 is 0 Å². The fraction of sp³-hybridized carbons (Fsp3) is 1.00. The van der Waals surface area contributed by atoms with E-state index in [9.17, 15) is 0 Å². The molecule has 0 aromatic carbocycles. The van der Waals surface area contributed by atoms with Gasteiger partial charge in [0.05, 0.1) is 6.04 Å². The van der Waals surface area contributed by atoms with E-state index in [-0.39, 0.29) is 0 Å². The molecule has 2 rings (SSSR count). The number of fused-ring (bicyclic) bond motifs is 1. The molecule has 2 aliphatic rings. The Morgan fingerprint density at radius 1 is 1.44 bits per heavy atom. The van der Waals surface area contributed by atoms with Crippen molar-refractivity contribution < 1.29 is 0 Å². The predicted molar refractivity (Wildman–Crippen MR) is 43.8 cm³/mol. The Morgan fingerprint density at radius 3 is 2.67 bits per heavy atom. The number of nitrogens with zero attached hydrogens (tertiary/aromatic N) is 2. The smallest absolute Gasteiger partial charge is 0.0540 e. The largest absolute Gasteiger partial charge is 0.268 e. The minimum absolute atomic E-state index is 0.668. The Bertz CT molecular complexity index is 127. The molecule has 2 heterocycles. The summed E-state index contributed by atoms with van der Waals surface area (Å²) >= 11 is 2.37. The molecule has 52 valence electrons. The van der Waals surface area contributed by atoms with E-state index in [2.05, 4.69) is 26.0 Å². The quantitative estimate of drug-likeness (QED) is 0.366. The monoisotopic (exact) mass is 239 g/mol. The fourth-order valence-corrected chi connectivity index (χ4v) is 2.64. The third kappa shape index (κ3) is 0.806. The molecular weight excluding hydrogens is 229 g/mol. The number of nitrogens with two attached hydrogens (primary N) is 1. The number of hydrazine groups is 1. The maximum absolute atomic E-state index is 5.69. The summed E-state index contributed by atoms with van der Waals surface area (Å²) in [6, 6.07) is 1.43. The van der Waals surface area contributed by atoms with Gasteiger partial charge in [0.15, 0.2) is 0 Å². The van der Waals surface area contributed by atoms with Crippen LogP contribution in [-0.2, 0) is 0 Å². The molecule has 2 saturated heterocycles. The van der Waals surface area contributed by atoms with Gasteiger partial charge in [0, 0.05) is 42.0 Å². The average molecular weight is 239 g/mol. The Morgan fingerprint density at radius 2 is 2.22 bits per heavy atom. The van der Waals surface area contributed by atoms with Gasteiger partial charge in [-0.1, -0.05) is 0 Å². The fourth-order valence-electron chi connectivity index (χ4n) is 1.59. The van der Waals surface area contributed by atoms with Crippen molar-refractivity contribution in [3.8, 4) is 0 Å². The molecule has 0 amide bonds. The zero-order valence-electron chi connectivity index (χ0n) is 5.13. The molecule has 0 radical (unpaired) electrons. The topological polar surface area (TPSA) is 32.5 Å². The highest BCUT2D eigenvalue weighted by Gasteiger charge is 2.44. The molecule has 3 nitrogen and oxygen atoms in total. The summed E-state index contributed by atoms with van der Waals surface area (Å²) in [5, 5.41) is 1.97. The lowest BCUT2D eigenvalue weighted by molar-refractivity contribution is 0.118. The Hall–Kier alpha value is 0.610. The third-order valence-corrected chi connectivity index (χ3v) is 3.38. The molecule has 2 fully saturated rings. The molecule has 0 aliphatic carbocycles. The molecule has 4 heteroatoms. The van der Waals surface area contributed by atoms with E-state index in [1.54, 1.807) is 0 Å². The predicted octanol–water partition coefficient (Wildman–Crippen LogP) is -0.0314. The standard InChI is InChI=1S/C5H10IN3/c6-8-3-5-4(8)1-2-9(5)7/h4-5H,1-3,7H2. The van der Waals surface area contributed by atoms with Crippen LogP contribution in [0.15, 0.2) is 0 Å². The van der Waals surface area contributed by atoms with E-state index in [1.807, 2.05) is 5.01 Å². The number of rotatable bonds is 0. The Labute approximate surface area is 68.6 Å². The summed E-state index contributed by atoms with van der Waals surface area (Å²) in [6.45, 7) is 2.23. The van der Waals surface area contributed by atoms with E-state index in [0.29, 0.717) is 6.04 Å². The molecule has 0 saturated carbocycles. The van der Waals surface area contributed by atoms with Crippen LogP contribution in [0.5, 0.6) is 0 Å². The molecule has 2 unspecified atom stereocenters. The normalized spacial score (nSPS) is 44.7. The Balaban J connectivity index is 2.03. The lowest BCUT2D eigenvalue weighted by Crippen LogP contribution is -2.58.